The van der Waals surface area contributed by atoms with Crippen LogP contribution in [0.15, 0.2) is 24.3 Å². The van der Waals surface area contributed by atoms with Gasteiger partial charge in [0.05, 0.1) is 11.4 Å². The van der Waals surface area contributed by atoms with Crippen LogP contribution >= 0.6 is 0 Å². The predicted molar refractivity (Wildman–Crippen MR) is 82.3 cm³/mol. The van der Waals surface area contributed by atoms with Gasteiger partial charge in [-0.15, -0.1) is 0 Å². The summed E-state index contributed by atoms with van der Waals surface area (Å²) in [6.07, 6.45) is 2.56. The summed E-state index contributed by atoms with van der Waals surface area (Å²) in [6, 6.07) is 8.90. The van der Waals surface area contributed by atoms with Crippen LogP contribution < -0.4 is 4.90 Å². The van der Waals surface area contributed by atoms with Crippen LogP contribution in [0, 0.1) is 0 Å². The van der Waals surface area contributed by atoms with Gasteiger partial charge in [0, 0.05) is 24.6 Å². The van der Waals surface area contributed by atoms with Gasteiger partial charge >= 0.3 is 0 Å². The van der Waals surface area contributed by atoms with E-state index >= 15 is 0 Å². The van der Waals surface area contributed by atoms with Crippen LogP contribution in [0.1, 0.15) is 49.8 Å². The Bertz CT molecular complexity index is 616. The molecule has 5 rings (SSSR count). The maximum atomic E-state index is 4.62. The topological polar surface area (TPSA) is 31.9 Å². The van der Waals surface area contributed by atoms with E-state index in [4.69, 9.17) is 0 Å². The Morgan fingerprint density at radius 2 is 1.85 bits per heavy atom. The summed E-state index contributed by atoms with van der Waals surface area (Å²) in [7, 11) is 0. The van der Waals surface area contributed by atoms with E-state index in [0.29, 0.717) is 11.8 Å². The molecule has 0 atom stereocenters. The van der Waals surface area contributed by atoms with Crippen LogP contribution in [-0.4, -0.2) is 23.3 Å². The van der Waals surface area contributed by atoms with Gasteiger partial charge in [0.25, 0.3) is 0 Å². The largest absolute Gasteiger partial charge is 0.368 e. The summed E-state index contributed by atoms with van der Waals surface area (Å²) in [5, 5.41) is 7.92. The first-order valence-corrected chi connectivity index (χ1v) is 7.67. The molecule has 1 N–H and O–H groups in total. The molecule has 1 aromatic heterocycles. The van der Waals surface area contributed by atoms with Gasteiger partial charge in [-0.2, -0.15) is 5.10 Å². The molecule has 2 aromatic rings. The van der Waals surface area contributed by atoms with Crippen molar-refractivity contribution in [3.05, 3.63) is 35.5 Å². The highest BCUT2D eigenvalue weighted by Gasteiger charge is 2.35. The molecule has 2 bridgehead atoms. The fourth-order valence-corrected chi connectivity index (χ4v) is 3.57. The van der Waals surface area contributed by atoms with Gasteiger partial charge in [-0.3, -0.25) is 5.10 Å². The molecule has 4 heterocycles. The fourth-order valence-electron chi connectivity index (χ4n) is 3.57. The standard InChI is InChI=1S/C17H21N3/c1-11(2)12-3-5-13(6-4-12)15-17-16(19-18-15)14-7-9-20(17)10-8-14/h3-6,11,14H,7-10H2,1-2H3,(H,18,19). The highest BCUT2D eigenvalue weighted by atomic mass is 15.2. The minimum Gasteiger partial charge on any atom is -0.368 e. The average Bonchev–Trinajstić information content (AvgIpc) is 2.95. The monoisotopic (exact) mass is 267 g/mol. The van der Waals surface area contributed by atoms with E-state index in [0.717, 1.165) is 5.69 Å². The summed E-state index contributed by atoms with van der Waals surface area (Å²) in [6.45, 7) is 6.84. The zero-order chi connectivity index (χ0) is 13.7. The number of aromatic amines is 1. The van der Waals surface area contributed by atoms with E-state index < -0.39 is 0 Å². The van der Waals surface area contributed by atoms with Crippen molar-refractivity contribution < 1.29 is 0 Å². The van der Waals surface area contributed by atoms with Crippen LogP contribution in [0.3, 0.4) is 0 Å². The van der Waals surface area contributed by atoms with E-state index in [1.54, 1.807) is 0 Å². The molecule has 0 aliphatic carbocycles. The molecule has 0 spiro atoms. The number of hydrogen-bond acceptors (Lipinski definition) is 2. The predicted octanol–water partition coefficient (Wildman–Crippen LogP) is 3.90. The lowest BCUT2D eigenvalue weighted by atomic mass is 9.86. The number of H-pyrrole nitrogens is 1. The molecular formula is C17H21N3. The lowest BCUT2D eigenvalue weighted by Crippen LogP contribution is -2.38. The second-order valence-electron chi connectivity index (χ2n) is 6.37. The van der Waals surface area contributed by atoms with Crippen LogP contribution in [0.2, 0.25) is 0 Å². The first kappa shape index (κ1) is 12.0. The molecule has 0 saturated carbocycles. The van der Waals surface area contributed by atoms with Gasteiger partial charge in [0.15, 0.2) is 0 Å². The summed E-state index contributed by atoms with van der Waals surface area (Å²) in [5.74, 6) is 1.28. The molecular weight excluding hydrogens is 246 g/mol. The van der Waals surface area contributed by atoms with Crippen molar-refractivity contribution in [1.29, 1.82) is 0 Å². The molecule has 0 amide bonds. The highest BCUT2D eigenvalue weighted by molar-refractivity contribution is 5.79. The smallest absolute Gasteiger partial charge is 0.116 e. The number of anilines is 1. The van der Waals surface area contributed by atoms with Crippen molar-refractivity contribution in [2.45, 2.75) is 38.5 Å². The van der Waals surface area contributed by atoms with Crippen molar-refractivity contribution in [3.8, 4) is 11.3 Å². The Labute approximate surface area is 120 Å². The first-order chi connectivity index (χ1) is 9.74. The lowest BCUT2D eigenvalue weighted by molar-refractivity contribution is 0.466. The van der Waals surface area contributed by atoms with Crippen LogP contribution in [-0.2, 0) is 0 Å². The third-order valence-corrected chi connectivity index (χ3v) is 4.84. The summed E-state index contributed by atoms with van der Waals surface area (Å²) in [4.78, 5) is 2.50. The highest BCUT2D eigenvalue weighted by Crippen LogP contribution is 2.45. The van der Waals surface area contributed by atoms with Gasteiger partial charge < -0.3 is 4.90 Å². The Morgan fingerprint density at radius 3 is 2.50 bits per heavy atom. The summed E-state index contributed by atoms with van der Waals surface area (Å²) >= 11 is 0. The third-order valence-electron chi connectivity index (χ3n) is 4.84. The molecule has 0 radical (unpaired) electrons. The van der Waals surface area contributed by atoms with Gasteiger partial charge in [-0.05, 0) is 24.3 Å². The van der Waals surface area contributed by atoms with Crippen molar-refractivity contribution in [1.82, 2.24) is 10.2 Å². The quantitative estimate of drug-likeness (QED) is 0.895. The fraction of sp³-hybridized carbons (Fsp3) is 0.471. The SMILES string of the molecule is CC(C)c1ccc(-c2n[nH]c3c2N2CCC3CC2)cc1. The molecule has 1 saturated heterocycles. The Balaban J connectivity index is 1.77. The van der Waals surface area contributed by atoms with E-state index in [9.17, 15) is 0 Å². The Hall–Kier alpha value is -1.77. The molecule has 3 aliphatic rings. The normalized spacial score (nSPS) is 17.9. The number of aromatic nitrogens is 2. The molecule has 104 valence electrons. The van der Waals surface area contributed by atoms with Crippen LogP contribution in [0.25, 0.3) is 11.3 Å². The van der Waals surface area contributed by atoms with Crippen LogP contribution in [0.4, 0.5) is 5.69 Å². The molecule has 20 heavy (non-hydrogen) atoms. The summed E-state index contributed by atoms with van der Waals surface area (Å²) < 4.78 is 0. The summed E-state index contributed by atoms with van der Waals surface area (Å²) in [5.41, 5.74) is 6.49. The van der Waals surface area contributed by atoms with Gasteiger partial charge in [0.2, 0.25) is 0 Å². The van der Waals surface area contributed by atoms with Gasteiger partial charge in [-0.1, -0.05) is 38.1 Å². The average molecular weight is 267 g/mol. The van der Waals surface area contributed by atoms with E-state index in [1.165, 1.54) is 48.4 Å². The number of rotatable bonds is 2. The second-order valence-corrected chi connectivity index (χ2v) is 6.37. The lowest BCUT2D eigenvalue weighted by Gasteiger charge is -2.40. The Morgan fingerprint density at radius 1 is 1.15 bits per heavy atom. The maximum Gasteiger partial charge on any atom is 0.116 e. The molecule has 3 heteroatoms. The maximum absolute atomic E-state index is 4.62. The number of piperidine rings is 1. The number of nitrogens with zero attached hydrogens (tertiary/aromatic N) is 2. The van der Waals surface area contributed by atoms with Crippen molar-refractivity contribution in [2.75, 3.05) is 18.0 Å². The number of hydrogen-bond donors (Lipinski definition) is 1. The third kappa shape index (κ3) is 1.69. The Kier molecular flexibility index (Phi) is 2.62. The molecule has 0 unspecified atom stereocenters. The second kappa shape index (κ2) is 4.37. The molecule has 1 fully saturated rings. The van der Waals surface area contributed by atoms with E-state index in [-0.39, 0.29) is 0 Å². The van der Waals surface area contributed by atoms with E-state index in [1.807, 2.05) is 0 Å². The van der Waals surface area contributed by atoms with Crippen molar-refractivity contribution in [2.24, 2.45) is 0 Å². The van der Waals surface area contributed by atoms with Gasteiger partial charge in [0.1, 0.15) is 5.69 Å². The molecule has 1 aromatic carbocycles. The molecule has 3 nitrogen and oxygen atoms in total. The van der Waals surface area contributed by atoms with Crippen molar-refractivity contribution in [3.63, 3.8) is 0 Å². The zero-order valence-corrected chi connectivity index (χ0v) is 12.2. The van der Waals surface area contributed by atoms with Crippen LogP contribution in [0.5, 0.6) is 0 Å². The molecule has 3 aliphatic heterocycles. The number of benzene rings is 1. The van der Waals surface area contributed by atoms with Gasteiger partial charge in [-0.25, -0.2) is 0 Å². The minimum atomic E-state index is 0.580. The number of fused-ring (bicyclic) bond motifs is 2. The van der Waals surface area contributed by atoms with Crippen molar-refractivity contribution >= 4 is 5.69 Å². The zero-order valence-electron chi connectivity index (χ0n) is 12.2. The first-order valence-electron chi connectivity index (χ1n) is 7.67. The van der Waals surface area contributed by atoms with E-state index in [2.05, 4.69) is 53.2 Å². The minimum absolute atomic E-state index is 0.580. The number of nitrogens with one attached hydrogen (secondary N) is 1.